The van der Waals surface area contributed by atoms with Crippen molar-refractivity contribution in [3.05, 3.63) is 29.8 Å². The molecule has 1 aromatic rings. The second-order valence-electron chi connectivity index (χ2n) is 4.26. The Balaban J connectivity index is 2.75. The van der Waals surface area contributed by atoms with Gasteiger partial charge in [0.05, 0.1) is 7.11 Å². The van der Waals surface area contributed by atoms with Gasteiger partial charge in [-0.15, -0.1) is 0 Å². The van der Waals surface area contributed by atoms with Crippen molar-refractivity contribution >= 4 is 11.7 Å². The molecule has 1 rings (SSSR count). The number of carbonyl (C=O) groups excluding carboxylic acids is 1. The van der Waals surface area contributed by atoms with Gasteiger partial charge in [-0.2, -0.15) is 0 Å². The summed E-state index contributed by atoms with van der Waals surface area (Å²) in [5, 5.41) is 3.18. The predicted octanol–water partition coefficient (Wildman–Crippen LogP) is 2.60. The molecule has 1 atom stereocenters. The third kappa shape index (κ3) is 3.26. The highest BCUT2D eigenvalue weighted by Gasteiger charge is 2.22. The van der Waals surface area contributed by atoms with Crippen LogP contribution in [0.4, 0.5) is 5.69 Å². The molecule has 3 heteroatoms. The minimum Gasteiger partial charge on any atom is -0.467 e. The molecule has 0 aliphatic rings. The van der Waals surface area contributed by atoms with E-state index in [0.717, 1.165) is 5.69 Å². The summed E-state index contributed by atoms with van der Waals surface area (Å²) in [7, 11) is 1.41. The molecule has 0 bridgehead atoms. The number of carbonyl (C=O) groups is 1. The van der Waals surface area contributed by atoms with Crippen LogP contribution in [-0.2, 0) is 9.53 Å². The number of aryl methyl sites for hydroxylation is 1. The van der Waals surface area contributed by atoms with E-state index in [0.29, 0.717) is 0 Å². The molecule has 0 amide bonds. The molecule has 0 saturated carbocycles. The number of rotatable bonds is 4. The molecule has 0 heterocycles. The first-order chi connectivity index (χ1) is 7.54. The fourth-order valence-corrected chi connectivity index (χ4v) is 1.45. The molecule has 0 aliphatic heterocycles. The van der Waals surface area contributed by atoms with Crippen molar-refractivity contribution in [2.45, 2.75) is 26.8 Å². The molecule has 0 aromatic heterocycles. The van der Waals surface area contributed by atoms with Gasteiger partial charge in [0.15, 0.2) is 0 Å². The number of esters is 1. The van der Waals surface area contributed by atoms with E-state index in [2.05, 4.69) is 5.32 Å². The van der Waals surface area contributed by atoms with Crippen LogP contribution in [-0.4, -0.2) is 19.1 Å². The van der Waals surface area contributed by atoms with Crippen molar-refractivity contribution in [3.8, 4) is 0 Å². The summed E-state index contributed by atoms with van der Waals surface area (Å²) in [6.07, 6.45) is 0. The molecule has 1 N–H and O–H groups in total. The van der Waals surface area contributed by atoms with E-state index >= 15 is 0 Å². The summed E-state index contributed by atoms with van der Waals surface area (Å²) >= 11 is 0. The quantitative estimate of drug-likeness (QED) is 0.794. The molecular formula is C13H19NO2. The lowest BCUT2D eigenvalue weighted by Gasteiger charge is -2.20. The van der Waals surface area contributed by atoms with Crippen LogP contribution in [0, 0.1) is 12.8 Å². The Labute approximate surface area is 96.8 Å². The van der Waals surface area contributed by atoms with Crippen molar-refractivity contribution < 1.29 is 9.53 Å². The Morgan fingerprint density at radius 1 is 1.25 bits per heavy atom. The summed E-state index contributed by atoms with van der Waals surface area (Å²) in [6, 6.07) is 7.66. The minimum atomic E-state index is -0.298. The number of hydrogen-bond donors (Lipinski definition) is 1. The van der Waals surface area contributed by atoms with Gasteiger partial charge >= 0.3 is 5.97 Å². The number of hydrogen-bond acceptors (Lipinski definition) is 3. The predicted molar refractivity (Wildman–Crippen MR) is 65.4 cm³/mol. The van der Waals surface area contributed by atoms with Crippen molar-refractivity contribution in [3.63, 3.8) is 0 Å². The van der Waals surface area contributed by atoms with Gasteiger partial charge in [-0.05, 0) is 25.0 Å². The van der Waals surface area contributed by atoms with Crippen molar-refractivity contribution in [2.75, 3.05) is 12.4 Å². The van der Waals surface area contributed by atoms with Gasteiger partial charge in [0, 0.05) is 5.69 Å². The van der Waals surface area contributed by atoms with Crippen LogP contribution in [0.15, 0.2) is 24.3 Å². The van der Waals surface area contributed by atoms with Gasteiger partial charge in [0.1, 0.15) is 6.04 Å². The van der Waals surface area contributed by atoms with Crippen LogP contribution in [0.5, 0.6) is 0 Å². The zero-order chi connectivity index (χ0) is 12.1. The summed E-state index contributed by atoms with van der Waals surface area (Å²) in [6.45, 7) is 6.01. The Morgan fingerprint density at radius 3 is 2.25 bits per heavy atom. The van der Waals surface area contributed by atoms with E-state index in [1.54, 1.807) is 0 Å². The first-order valence-corrected chi connectivity index (χ1v) is 5.45. The monoisotopic (exact) mass is 221 g/mol. The van der Waals surface area contributed by atoms with Crippen LogP contribution >= 0.6 is 0 Å². The van der Waals surface area contributed by atoms with Crippen molar-refractivity contribution in [2.24, 2.45) is 5.92 Å². The average molecular weight is 221 g/mol. The largest absolute Gasteiger partial charge is 0.467 e. The van der Waals surface area contributed by atoms with E-state index in [1.165, 1.54) is 12.7 Å². The highest BCUT2D eigenvalue weighted by molar-refractivity contribution is 5.79. The summed E-state index contributed by atoms with van der Waals surface area (Å²) < 4.78 is 4.77. The number of anilines is 1. The van der Waals surface area contributed by atoms with Gasteiger partial charge in [-0.25, -0.2) is 4.79 Å². The third-order valence-corrected chi connectivity index (χ3v) is 2.50. The second-order valence-corrected chi connectivity index (χ2v) is 4.26. The number of methoxy groups -OCH3 is 1. The Bertz CT molecular complexity index is 343. The normalized spacial score (nSPS) is 12.3. The molecule has 1 unspecified atom stereocenters. The number of ether oxygens (including phenoxy) is 1. The van der Waals surface area contributed by atoms with Crippen LogP contribution < -0.4 is 5.32 Å². The summed E-state index contributed by atoms with van der Waals surface area (Å²) in [5.74, 6) is -0.0377. The number of nitrogens with one attached hydrogen (secondary N) is 1. The molecule has 16 heavy (non-hydrogen) atoms. The topological polar surface area (TPSA) is 38.3 Å². The lowest BCUT2D eigenvalue weighted by molar-refractivity contribution is -0.142. The van der Waals surface area contributed by atoms with Crippen molar-refractivity contribution in [1.82, 2.24) is 0 Å². The van der Waals surface area contributed by atoms with E-state index in [1.807, 2.05) is 45.0 Å². The molecule has 88 valence electrons. The van der Waals surface area contributed by atoms with Gasteiger partial charge < -0.3 is 10.1 Å². The molecule has 0 spiro atoms. The highest BCUT2D eigenvalue weighted by atomic mass is 16.5. The molecule has 0 fully saturated rings. The Morgan fingerprint density at radius 2 is 1.81 bits per heavy atom. The first kappa shape index (κ1) is 12.6. The maximum Gasteiger partial charge on any atom is 0.328 e. The lowest BCUT2D eigenvalue weighted by Crippen LogP contribution is -2.35. The van der Waals surface area contributed by atoms with Crippen LogP contribution in [0.25, 0.3) is 0 Å². The maximum absolute atomic E-state index is 11.5. The smallest absolute Gasteiger partial charge is 0.328 e. The van der Waals surface area contributed by atoms with Crippen molar-refractivity contribution in [1.29, 1.82) is 0 Å². The minimum absolute atomic E-state index is 0.189. The number of benzene rings is 1. The van der Waals surface area contributed by atoms with Crippen LogP contribution in [0.1, 0.15) is 19.4 Å². The van der Waals surface area contributed by atoms with E-state index in [9.17, 15) is 4.79 Å². The fourth-order valence-electron chi connectivity index (χ4n) is 1.45. The van der Waals surface area contributed by atoms with E-state index in [4.69, 9.17) is 4.74 Å². The highest BCUT2D eigenvalue weighted by Crippen LogP contribution is 2.14. The average Bonchev–Trinajstić information content (AvgIpc) is 2.27. The molecule has 1 aromatic carbocycles. The van der Waals surface area contributed by atoms with Gasteiger partial charge in [0.25, 0.3) is 0 Å². The second kappa shape index (κ2) is 5.54. The molecular weight excluding hydrogens is 202 g/mol. The molecule has 3 nitrogen and oxygen atoms in total. The maximum atomic E-state index is 11.5. The standard InChI is InChI=1S/C13H19NO2/c1-9(2)12(13(15)16-4)14-11-7-5-10(3)6-8-11/h5-9,12,14H,1-4H3. The Hall–Kier alpha value is -1.51. The van der Waals surface area contributed by atoms with E-state index in [-0.39, 0.29) is 17.9 Å². The first-order valence-electron chi connectivity index (χ1n) is 5.45. The molecule has 0 aliphatic carbocycles. The zero-order valence-electron chi connectivity index (χ0n) is 10.3. The van der Waals surface area contributed by atoms with Crippen LogP contribution in [0.3, 0.4) is 0 Å². The Kier molecular flexibility index (Phi) is 4.35. The van der Waals surface area contributed by atoms with Gasteiger partial charge in [-0.3, -0.25) is 0 Å². The van der Waals surface area contributed by atoms with Gasteiger partial charge in [-0.1, -0.05) is 31.5 Å². The molecule has 0 radical (unpaired) electrons. The van der Waals surface area contributed by atoms with E-state index < -0.39 is 0 Å². The fraction of sp³-hybridized carbons (Fsp3) is 0.462. The van der Waals surface area contributed by atoms with Crippen LogP contribution in [0.2, 0.25) is 0 Å². The SMILES string of the molecule is COC(=O)C(Nc1ccc(C)cc1)C(C)C. The summed E-state index contributed by atoms with van der Waals surface area (Å²) in [5.41, 5.74) is 2.14. The molecule has 0 saturated heterocycles. The zero-order valence-corrected chi connectivity index (χ0v) is 10.3. The lowest BCUT2D eigenvalue weighted by atomic mass is 10.0. The summed E-state index contributed by atoms with van der Waals surface area (Å²) in [4.78, 5) is 11.5. The third-order valence-electron chi connectivity index (χ3n) is 2.50. The van der Waals surface area contributed by atoms with Gasteiger partial charge in [0.2, 0.25) is 0 Å².